The molecule has 192 valence electrons. The van der Waals surface area contributed by atoms with E-state index in [9.17, 15) is 14.7 Å². The van der Waals surface area contributed by atoms with E-state index in [1.807, 2.05) is 55.5 Å². The third-order valence-corrected chi connectivity index (χ3v) is 8.44. The molecule has 7 rings (SSSR count). The Hall–Kier alpha value is -3.49. The van der Waals surface area contributed by atoms with Crippen LogP contribution in [0, 0.1) is 5.92 Å². The van der Waals surface area contributed by atoms with E-state index in [1.54, 1.807) is 6.07 Å². The van der Waals surface area contributed by atoms with Gasteiger partial charge in [0.25, 0.3) is 5.91 Å². The number of piperidine rings is 3. The van der Waals surface area contributed by atoms with E-state index in [0.29, 0.717) is 40.8 Å². The molecule has 0 unspecified atom stereocenters. The molecule has 1 atom stereocenters. The van der Waals surface area contributed by atoms with Gasteiger partial charge in [0.2, 0.25) is 5.60 Å². The topological polar surface area (TPSA) is 102 Å². The van der Waals surface area contributed by atoms with Crippen LogP contribution in [0.5, 0.6) is 0 Å². The highest BCUT2D eigenvalue weighted by molar-refractivity contribution is 5.90. The number of aromatic nitrogens is 1. The zero-order valence-corrected chi connectivity index (χ0v) is 21.0. The molecule has 1 amide bonds. The summed E-state index contributed by atoms with van der Waals surface area (Å²) in [6.07, 6.45) is 2.76. The predicted octanol–water partition coefficient (Wildman–Crippen LogP) is 3.17. The lowest BCUT2D eigenvalue weighted by atomic mass is 9.74. The Morgan fingerprint density at radius 2 is 1.76 bits per heavy atom. The summed E-state index contributed by atoms with van der Waals surface area (Å²) in [4.78, 5) is 26.7. The summed E-state index contributed by atoms with van der Waals surface area (Å²) in [6.45, 7) is 4.53. The molecule has 8 nitrogen and oxygen atoms in total. The molecular weight excluding hydrogens is 470 g/mol. The first-order valence-corrected chi connectivity index (χ1v) is 13.1. The molecule has 3 aromatic rings. The highest BCUT2D eigenvalue weighted by Gasteiger charge is 2.52. The normalized spacial score (nSPS) is 25.1. The van der Waals surface area contributed by atoms with E-state index < -0.39 is 11.6 Å². The highest BCUT2D eigenvalue weighted by Crippen LogP contribution is 2.42. The molecule has 2 N–H and O–H groups in total. The second-order valence-corrected chi connectivity index (χ2v) is 10.7. The van der Waals surface area contributed by atoms with Gasteiger partial charge in [-0.05, 0) is 17.5 Å². The number of benzene rings is 2. The molecule has 1 aliphatic carbocycles. The van der Waals surface area contributed by atoms with E-state index in [4.69, 9.17) is 9.26 Å². The van der Waals surface area contributed by atoms with Gasteiger partial charge in [0, 0.05) is 42.4 Å². The van der Waals surface area contributed by atoms with Gasteiger partial charge in [0.1, 0.15) is 12.3 Å². The zero-order valence-electron chi connectivity index (χ0n) is 21.0. The molecule has 0 radical (unpaired) electrons. The Balaban J connectivity index is 1.21. The minimum absolute atomic E-state index is 0.129. The number of nitrogens with zero attached hydrogens (tertiary/aromatic N) is 2. The number of rotatable bonds is 6. The zero-order chi connectivity index (χ0) is 25.6. The molecule has 0 saturated carbocycles. The molecular formula is C29H32N3O5+. The number of hydrogen-bond acceptors (Lipinski definition) is 6. The number of anilines is 1. The van der Waals surface area contributed by atoms with Gasteiger partial charge in [-0.1, -0.05) is 60.6 Å². The summed E-state index contributed by atoms with van der Waals surface area (Å²) in [6, 6.07) is 16.8. The quantitative estimate of drug-likeness (QED) is 0.397. The standard InChI is InChI=1S/C29H31N3O5/c1-2-22-16-26(31-37-22)30-27(33)18-32-13-11-19(12-14-32)25(17-32)36-28(34)29(35)23-9-5-3-7-20(23)15-21-8-4-6-10-24(21)29/h3-10,16,19,25,35H,2,11-15,17-18H2,1H3/p+1/t19?,25-,32?/m0/s1. The molecule has 3 saturated heterocycles. The molecule has 2 aromatic carbocycles. The van der Waals surface area contributed by atoms with Crippen molar-refractivity contribution in [3.63, 3.8) is 0 Å². The van der Waals surface area contributed by atoms with Gasteiger partial charge >= 0.3 is 5.97 Å². The van der Waals surface area contributed by atoms with Crippen molar-refractivity contribution in [1.82, 2.24) is 5.16 Å². The Bertz CT molecular complexity index is 1300. The molecule has 8 heteroatoms. The Morgan fingerprint density at radius 1 is 1.11 bits per heavy atom. The summed E-state index contributed by atoms with van der Waals surface area (Å²) in [5, 5.41) is 18.7. The lowest BCUT2D eigenvalue weighted by Crippen LogP contribution is -2.66. The fourth-order valence-corrected chi connectivity index (χ4v) is 6.45. The minimum Gasteiger partial charge on any atom is -0.453 e. The molecule has 2 bridgehead atoms. The number of quaternary nitrogens is 1. The second-order valence-electron chi connectivity index (χ2n) is 10.7. The van der Waals surface area contributed by atoms with Gasteiger partial charge in [-0.2, -0.15) is 0 Å². The average Bonchev–Trinajstić information content (AvgIpc) is 3.36. The van der Waals surface area contributed by atoms with Crippen molar-refractivity contribution in [1.29, 1.82) is 0 Å². The summed E-state index contributed by atoms with van der Waals surface area (Å²) in [5.41, 5.74) is 1.16. The summed E-state index contributed by atoms with van der Waals surface area (Å²) in [7, 11) is 0. The van der Waals surface area contributed by atoms with Gasteiger partial charge in [-0.3, -0.25) is 4.79 Å². The first-order valence-electron chi connectivity index (χ1n) is 13.1. The number of amides is 1. The number of carbonyl (C=O) groups is 2. The largest absolute Gasteiger partial charge is 0.453 e. The van der Waals surface area contributed by atoms with Gasteiger partial charge in [-0.25, -0.2) is 4.79 Å². The fourth-order valence-electron chi connectivity index (χ4n) is 6.45. The fraction of sp³-hybridized carbons (Fsp3) is 0.414. The van der Waals surface area contributed by atoms with Crippen molar-refractivity contribution in [2.45, 2.75) is 44.3 Å². The number of nitrogens with one attached hydrogen (secondary N) is 1. The van der Waals surface area contributed by atoms with Crippen LogP contribution in [0.15, 0.2) is 59.1 Å². The molecule has 1 aromatic heterocycles. The van der Waals surface area contributed by atoms with Gasteiger partial charge < -0.3 is 24.2 Å². The number of fused-ring (bicyclic) bond motifs is 5. The van der Waals surface area contributed by atoms with Gasteiger partial charge in [-0.15, -0.1) is 0 Å². The van der Waals surface area contributed by atoms with Crippen molar-refractivity contribution in [3.05, 3.63) is 82.6 Å². The van der Waals surface area contributed by atoms with Crippen molar-refractivity contribution in [3.8, 4) is 0 Å². The van der Waals surface area contributed by atoms with Crippen molar-refractivity contribution < 1.29 is 28.4 Å². The maximum atomic E-state index is 13.8. The van der Waals surface area contributed by atoms with Crippen LogP contribution < -0.4 is 5.32 Å². The van der Waals surface area contributed by atoms with Crippen LogP contribution in [0.25, 0.3) is 0 Å². The Labute approximate surface area is 215 Å². The first-order chi connectivity index (χ1) is 17.9. The number of carbonyl (C=O) groups excluding carboxylic acids is 2. The molecule has 37 heavy (non-hydrogen) atoms. The van der Waals surface area contributed by atoms with Crippen LogP contribution in [-0.4, -0.2) is 58.9 Å². The number of esters is 1. The van der Waals surface area contributed by atoms with Crippen molar-refractivity contribution in [2.24, 2.45) is 5.92 Å². The first kappa shape index (κ1) is 23.9. The highest BCUT2D eigenvalue weighted by atomic mass is 16.6. The lowest BCUT2D eigenvalue weighted by Gasteiger charge is -2.51. The van der Waals surface area contributed by atoms with Gasteiger partial charge in [0.05, 0.1) is 13.1 Å². The summed E-state index contributed by atoms with van der Waals surface area (Å²) >= 11 is 0. The SMILES string of the molecule is CCc1cc(NC(=O)C[N+]23CCC(CC2)[C@@H](OC(=O)C2(O)c4ccccc4Cc4ccccc42)C3)no1. The van der Waals surface area contributed by atoms with Crippen LogP contribution in [0.1, 0.15) is 47.8 Å². The Kier molecular flexibility index (Phi) is 5.88. The predicted molar refractivity (Wildman–Crippen MR) is 136 cm³/mol. The van der Waals surface area contributed by atoms with E-state index in [-0.39, 0.29) is 24.5 Å². The van der Waals surface area contributed by atoms with E-state index in [2.05, 4.69) is 10.5 Å². The molecule has 0 spiro atoms. The Morgan fingerprint density at radius 3 is 2.38 bits per heavy atom. The molecule has 3 fully saturated rings. The number of ether oxygens (including phenoxy) is 1. The molecule has 4 heterocycles. The van der Waals surface area contributed by atoms with Crippen LogP contribution in [0.2, 0.25) is 0 Å². The smallest absolute Gasteiger partial charge is 0.348 e. The summed E-state index contributed by atoms with van der Waals surface area (Å²) < 4.78 is 11.9. The van der Waals surface area contributed by atoms with E-state index in [1.165, 1.54) is 0 Å². The molecule has 3 aliphatic heterocycles. The van der Waals surface area contributed by atoms with Gasteiger partial charge in [0.15, 0.2) is 18.5 Å². The van der Waals surface area contributed by atoms with Crippen LogP contribution in [0.3, 0.4) is 0 Å². The summed E-state index contributed by atoms with van der Waals surface area (Å²) in [5.74, 6) is 0.606. The average molecular weight is 503 g/mol. The van der Waals surface area contributed by atoms with Crippen LogP contribution in [-0.2, 0) is 32.8 Å². The monoisotopic (exact) mass is 502 g/mol. The minimum atomic E-state index is -1.86. The second kappa shape index (κ2) is 9.11. The number of aliphatic hydroxyl groups is 1. The van der Waals surface area contributed by atoms with E-state index in [0.717, 1.165) is 42.8 Å². The third-order valence-electron chi connectivity index (χ3n) is 8.44. The molecule has 4 aliphatic rings. The number of aryl methyl sites for hydroxylation is 1. The number of hydrogen-bond donors (Lipinski definition) is 2. The lowest BCUT2D eigenvalue weighted by molar-refractivity contribution is -0.939. The van der Waals surface area contributed by atoms with E-state index >= 15 is 0 Å². The van der Waals surface area contributed by atoms with Crippen molar-refractivity contribution in [2.75, 3.05) is 31.5 Å². The van der Waals surface area contributed by atoms with Crippen LogP contribution >= 0.6 is 0 Å². The van der Waals surface area contributed by atoms with Crippen LogP contribution in [0.4, 0.5) is 5.82 Å². The van der Waals surface area contributed by atoms with Crippen molar-refractivity contribution >= 4 is 17.7 Å². The maximum Gasteiger partial charge on any atom is 0.348 e. The maximum absolute atomic E-state index is 13.8. The third kappa shape index (κ3) is 4.14.